The number of phenols is 1. The molecule has 114 valence electrons. The molecule has 0 unspecified atom stereocenters. The van der Waals surface area contributed by atoms with E-state index in [-0.39, 0.29) is 29.8 Å². The standard InChI is InChI=1S/C14H19N3O4/c15-9-3-5-17(6-4-9)8-13(19)16-10-1-2-11(14(20)21)12(18)7-10/h1-2,7,9,18H,3-6,8,15H2,(H,16,19)(H,20,21). The monoisotopic (exact) mass is 293 g/mol. The Balaban J connectivity index is 1.91. The highest BCUT2D eigenvalue weighted by Crippen LogP contribution is 2.22. The molecule has 7 nitrogen and oxygen atoms in total. The molecule has 1 aliphatic heterocycles. The fraction of sp³-hybridized carbons (Fsp3) is 0.429. The van der Waals surface area contributed by atoms with Crippen molar-refractivity contribution >= 4 is 17.6 Å². The number of benzene rings is 1. The lowest BCUT2D eigenvalue weighted by molar-refractivity contribution is -0.117. The first-order chi connectivity index (χ1) is 9.95. The maximum atomic E-state index is 11.9. The zero-order valence-electron chi connectivity index (χ0n) is 11.6. The van der Waals surface area contributed by atoms with Gasteiger partial charge in [-0.2, -0.15) is 0 Å². The molecule has 5 N–H and O–H groups in total. The fourth-order valence-electron chi connectivity index (χ4n) is 2.30. The van der Waals surface area contributed by atoms with Crippen LogP contribution in [0, 0.1) is 0 Å². The number of nitrogens with one attached hydrogen (secondary N) is 1. The van der Waals surface area contributed by atoms with Gasteiger partial charge in [-0.15, -0.1) is 0 Å². The minimum atomic E-state index is -1.21. The van der Waals surface area contributed by atoms with Crippen LogP contribution < -0.4 is 11.1 Å². The predicted octanol–water partition coefficient (Wildman–Crippen LogP) is 0.452. The molecule has 0 atom stereocenters. The molecule has 0 aromatic heterocycles. The van der Waals surface area contributed by atoms with E-state index in [2.05, 4.69) is 5.32 Å². The van der Waals surface area contributed by atoms with Gasteiger partial charge in [0.05, 0.1) is 6.54 Å². The van der Waals surface area contributed by atoms with Gasteiger partial charge in [0, 0.05) is 30.9 Å². The largest absolute Gasteiger partial charge is 0.507 e. The highest BCUT2D eigenvalue weighted by Gasteiger charge is 2.18. The van der Waals surface area contributed by atoms with Crippen LogP contribution in [0.15, 0.2) is 18.2 Å². The van der Waals surface area contributed by atoms with E-state index >= 15 is 0 Å². The number of carbonyl (C=O) groups is 2. The van der Waals surface area contributed by atoms with Crippen LogP contribution in [0.2, 0.25) is 0 Å². The number of rotatable bonds is 4. The van der Waals surface area contributed by atoms with Gasteiger partial charge >= 0.3 is 5.97 Å². The Bertz CT molecular complexity index is 539. The Hall–Kier alpha value is -2.12. The van der Waals surface area contributed by atoms with E-state index in [1.54, 1.807) is 0 Å². The number of carbonyl (C=O) groups excluding carboxylic acids is 1. The summed E-state index contributed by atoms with van der Waals surface area (Å²) in [6.45, 7) is 1.84. The van der Waals surface area contributed by atoms with E-state index in [0.717, 1.165) is 25.9 Å². The Morgan fingerprint density at radius 2 is 2.00 bits per heavy atom. The van der Waals surface area contributed by atoms with E-state index in [0.29, 0.717) is 5.69 Å². The van der Waals surface area contributed by atoms with Crippen LogP contribution in [0.1, 0.15) is 23.2 Å². The highest BCUT2D eigenvalue weighted by atomic mass is 16.4. The summed E-state index contributed by atoms with van der Waals surface area (Å²) in [6, 6.07) is 4.15. The third-order valence-electron chi connectivity index (χ3n) is 3.51. The predicted molar refractivity (Wildman–Crippen MR) is 77.3 cm³/mol. The number of likely N-dealkylation sites (tertiary alicyclic amines) is 1. The zero-order valence-corrected chi connectivity index (χ0v) is 11.6. The van der Waals surface area contributed by atoms with Gasteiger partial charge in [-0.05, 0) is 25.0 Å². The van der Waals surface area contributed by atoms with Gasteiger partial charge in [-0.25, -0.2) is 4.79 Å². The Morgan fingerprint density at radius 3 is 2.57 bits per heavy atom. The molecular formula is C14H19N3O4. The lowest BCUT2D eigenvalue weighted by Crippen LogP contribution is -2.43. The summed E-state index contributed by atoms with van der Waals surface area (Å²) in [5.41, 5.74) is 5.98. The maximum absolute atomic E-state index is 11.9. The average molecular weight is 293 g/mol. The van der Waals surface area contributed by atoms with Gasteiger partial charge in [-0.3, -0.25) is 9.69 Å². The number of anilines is 1. The van der Waals surface area contributed by atoms with Crippen LogP contribution in [0.3, 0.4) is 0 Å². The second kappa shape index (κ2) is 6.55. The van der Waals surface area contributed by atoms with Gasteiger partial charge in [0.2, 0.25) is 5.91 Å². The van der Waals surface area contributed by atoms with E-state index in [4.69, 9.17) is 10.8 Å². The molecule has 7 heteroatoms. The lowest BCUT2D eigenvalue weighted by atomic mass is 10.1. The van der Waals surface area contributed by atoms with Crippen molar-refractivity contribution in [2.24, 2.45) is 5.73 Å². The summed E-state index contributed by atoms with van der Waals surface area (Å²) in [7, 11) is 0. The topological polar surface area (TPSA) is 116 Å². The number of aromatic carboxylic acids is 1. The van der Waals surface area contributed by atoms with Crippen molar-refractivity contribution in [3.63, 3.8) is 0 Å². The van der Waals surface area contributed by atoms with Crippen molar-refractivity contribution in [2.45, 2.75) is 18.9 Å². The number of hydrogen-bond donors (Lipinski definition) is 4. The smallest absolute Gasteiger partial charge is 0.339 e. The van der Waals surface area contributed by atoms with E-state index < -0.39 is 5.97 Å². The molecule has 0 aliphatic carbocycles. The molecule has 0 spiro atoms. The van der Waals surface area contributed by atoms with Crippen molar-refractivity contribution in [1.82, 2.24) is 4.90 Å². The van der Waals surface area contributed by atoms with Crippen LogP contribution in [0.25, 0.3) is 0 Å². The molecule has 0 radical (unpaired) electrons. The first kappa shape index (κ1) is 15.3. The number of nitrogens with two attached hydrogens (primary N) is 1. The summed E-state index contributed by atoms with van der Waals surface area (Å²) in [5.74, 6) is -1.78. The molecule has 21 heavy (non-hydrogen) atoms. The minimum absolute atomic E-state index is 0.196. The van der Waals surface area contributed by atoms with Crippen LogP contribution in [0.5, 0.6) is 5.75 Å². The molecule has 1 aromatic rings. The lowest BCUT2D eigenvalue weighted by Gasteiger charge is -2.29. The van der Waals surface area contributed by atoms with Crippen molar-refractivity contribution in [1.29, 1.82) is 0 Å². The van der Waals surface area contributed by atoms with Gasteiger partial charge in [0.25, 0.3) is 0 Å². The molecule has 1 aliphatic rings. The molecule has 1 saturated heterocycles. The number of amides is 1. The quantitative estimate of drug-likeness (QED) is 0.640. The summed E-state index contributed by atoms with van der Waals surface area (Å²) in [4.78, 5) is 24.7. The summed E-state index contributed by atoms with van der Waals surface area (Å²) in [6.07, 6.45) is 1.75. The summed E-state index contributed by atoms with van der Waals surface area (Å²) in [5, 5.41) is 21.0. The molecule has 1 fully saturated rings. The van der Waals surface area contributed by atoms with Crippen molar-refractivity contribution in [3.8, 4) is 5.75 Å². The second-order valence-corrected chi connectivity index (χ2v) is 5.20. The first-order valence-electron chi connectivity index (χ1n) is 6.80. The third kappa shape index (κ3) is 4.17. The van der Waals surface area contributed by atoms with Crippen LogP contribution in [-0.4, -0.2) is 52.7 Å². The number of carboxylic acid groups (broad SMARTS) is 1. The fourth-order valence-corrected chi connectivity index (χ4v) is 2.30. The number of carboxylic acids is 1. The number of hydrogen-bond acceptors (Lipinski definition) is 5. The molecule has 1 heterocycles. The van der Waals surface area contributed by atoms with Crippen LogP contribution >= 0.6 is 0 Å². The minimum Gasteiger partial charge on any atom is -0.507 e. The van der Waals surface area contributed by atoms with Crippen molar-refractivity contribution < 1.29 is 19.8 Å². The normalized spacial score (nSPS) is 16.6. The first-order valence-corrected chi connectivity index (χ1v) is 6.80. The van der Waals surface area contributed by atoms with E-state index in [9.17, 15) is 14.7 Å². The highest BCUT2D eigenvalue weighted by molar-refractivity contribution is 5.95. The number of piperidine rings is 1. The zero-order chi connectivity index (χ0) is 15.4. The van der Waals surface area contributed by atoms with E-state index in [1.165, 1.54) is 18.2 Å². The Morgan fingerprint density at radius 1 is 1.33 bits per heavy atom. The van der Waals surface area contributed by atoms with Gasteiger partial charge in [0.15, 0.2) is 0 Å². The SMILES string of the molecule is NC1CCN(CC(=O)Nc2ccc(C(=O)O)c(O)c2)CC1. The average Bonchev–Trinajstić information content (AvgIpc) is 2.41. The van der Waals surface area contributed by atoms with Crippen LogP contribution in [0.4, 0.5) is 5.69 Å². The van der Waals surface area contributed by atoms with Gasteiger partial charge < -0.3 is 21.3 Å². The number of aromatic hydroxyl groups is 1. The molecule has 0 saturated carbocycles. The maximum Gasteiger partial charge on any atom is 0.339 e. The summed E-state index contributed by atoms with van der Waals surface area (Å²) >= 11 is 0. The third-order valence-corrected chi connectivity index (χ3v) is 3.51. The Labute approximate surface area is 122 Å². The summed E-state index contributed by atoms with van der Waals surface area (Å²) < 4.78 is 0. The van der Waals surface area contributed by atoms with Crippen molar-refractivity contribution in [2.75, 3.05) is 25.0 Å². The molecule has 1 aromatic carbocycles. The van der Waals surface area contributed by atoms with Crippen molar-refractivity contribution in [3.05, 3.63) is 23.8 Å². The number of nitrogens with zero attached hydrogens (tertiary/aromatic N) is 1. The van der Waals surface area contributed by atoms with Crippen LogP contribution in [-0.2, 0) is 4.79 Å². The molecular weight excluding hydrogens is 274 g/mol. The second-order valence-electron chi connectivity index (χ2n) is 5.20. The van der Waals surface area contributed by atoms with Gasteiger partial charge in [0.1, 0.15) is 11.3 Å². The van der Waals surface area contributed by atoms with Gasteiger partial charge in [-0.1, -0.05) is 0 Å². The Kier molecular flexibility index (Phi) is 4.77. The molecule has 2 rings (SSSR count). The molecule has 1 amide bonds. The van der Waals surface area contributed by atoms with E-state index in [1.807, 2.05) is 4.90 Å². The molecule has 0 bridgehead atoms.